The summed E-state index contributed by atoms with van der Waals surface area (Å²) in [7, 11) is 0. The maximum absolute atomic E-state index is 4.55. The Morgan fingerprint density at radius 2 is 1.44 bits per heavy atom. The van der Waals surface area contributed by atoms with E-state index in [4.69, 9.17) is 0 Å². The molecule has 0 spiro atoms. The topological polar surface area (TPSA) is 76.5 Å². The Kier molecular flexibility index (Phi) is 5.08. The third-order valence-corrected chi connectivity index (χ3v) is 5.14. The molecule has 0 atom stereocenters. The third kappa shape index (κ3) is 4.90. The van der Waals surface area contributed by atoms with Gasteiger partial charge in [0.2, 0.25) is 5.95 Å². The SMILES string of the molecule is c1ccc(Sc2nc(NCC3CC3)nc(Sc3ccccn3)n2)nc1. The van der Waals surface area contributed by atoms with Gasteiger partial charge in [0.15, 0.2) is 10.3 Å². The molecule has 1 saturated carbocycles. The Bertz CT molecular complexity index is 767. The van der Waals surface area contributed by atoms with Crippen molar-refractivity contribution in [1.29, 1.82) is 0 Å². The minimum atomic E-state index is 0.610. The van der Waals surface area contributed by atoms with Gasteiger partial charge in [-0.05, 0) is 66.5 Å². The van der Waals surface area contributed by atoms with E-state index in [1.165, 1.54) is 36.4 Å². The summed E-state index contributed by atoms with van der Waals surface area (Å²) >= 11 is 2.86. The van der Waals surface area contributed by atoms with Gasteiger partial charge in [0.05, 0.1) is 0 Å². The largest absolute Gasteiger partial charge is 0.354 e. The van der Waals surface area contributed by atoms with Crippen molar-refractivity contribution >= 4 is 29.5 Å². The van der Waals surface area contributed by atoms with E-state index >= 15 is 0 Å². The highest BCUT2D eigenvalue weighted by molar-refractivity contribution is 7.99. The van der Waals surface area contributed by atoms with Crippen LogP contribution in [0.25, 0.3) is 0 Å². The summed E-state index contributed by atoms with van der Waals surface area (Å²) in [6.45, 7) is 0.908. The summed E-state index contributed by atoms with van der Waals surface area (Å²) in [4.78, 5) is 22.3. The van der Waals surface area contributed by atoms with Crippen molar-refractivity contribution < 1.29 is 0 Å². The van der Waals surface area contributed by atoms with Gasteiger partial charge < -0.3 is 5.32 Å². The minimum Gasteiger partial charge on any atom is -0.354 e. The number of aromatic nitrogens is 5. The fraction of sp³-hybridized carbons (Fsp3) is 0.235. The summed E-state index contributed by atoms with van der Waals surface area (Å²) in [6.07, 6.45) is 6.09. The predicted octanol–water partition coefficient (Wildman–Crippen LogP) is 3.79. The van der Waals surface area contributed by atoms with Gasteiger partial charge in [0.25, 0.3) is 0 Å². The zero-order valence-corrected chi connectivity index (χ0v) is 15.0. The molecule has 6 nitrogen and oxygen atoms in total. The molecule has 3 aromatic rings. The van der Waals surface area contributed by atoms with Crippen LogP contribution in [0.3, 0.4) is 0 Å². The molecule has 8 heteroatoms. The van der Waals surface area contributed by atoms with Gasteiger partial charge >= 0.3 is 0 Å². The van der Waals surface area contributed by atoms with Gasteiger partial charge in [0, 0.05) is 18.9 Å². The van der Waals surface area contributed by atoms with Crippen LogP contribution >= 0.6 is 23.5 Å². The molecule has 25 heavy (non-hydrogen) atoms. The molecule has 0 aromatic carbocycles. The predicted molar refractivity (Wildman–Crippen MR) is 97.8 cm³/mol. The third-order valence-electron chi connectivity index (χ3n) is 3.51. The van der Waals surface area contributed by atoms with Crippen molar-refractivity contribution in [1.82, 2.24) is 24.9 Å². The number of pyridine rings is 2. The van der Waals surface area contributed by atoms with E-state index in [1.807, 2.05) is 36.4 Å². The van der Waals surface area contributed by atoms with Crippen molar-refractivity contribution in [2.24, 2.45) is 5.92 Å². The van der Waals surface area contributed by atoms with Crippen LogP contribution in [0.4, 0.5) is 5.95 Å². The number of nitrogens with one attached hydrogen (secondary N) is 1. The number of hydrogen-bond acceptors (Lipinski definition) is 8. The van der Waals surface area contributed by atoms with Crippen molar-refractivity contribution in [3.05, 3.63) is 48.8 Å². The average molecular weight is 368 g/mol. The fourth-order valence-corrected chi connectivity index (χ4v) is 3.55. The Balaban J connectivity index is 1.57. The van der Waals surface area contributed by atoms with Gasteiger partial charge in [-0.25, -0.2) is 9.97 Å². The highest BCUT2D eigenvalue weighted by Gasteiger charge is 2.21. The molecule has 1 aliphatic rings. The first kappa shape index (κ1) is 16.3. The lowest BCUT2D eigenvalue weighted by molar-refractivity contribution is 0.783. The van der Waals surface area contributed by atoms with Gasteiger partial charge in [-0.1, -0.05) is 12.1 Å². The zero-order chi connectivity index (χ0) is 16.9. The van der Waals surface area contributed by atoms with Gasteiger partial charge in [-0.15, -0.1) is 0 Å². The van der Waals surface area contributed by atoms with Crippen molar-refractivity contribution in [2.75, 3.05) is 11.9 Å². The van der Waals surface area contributed by atoms with E-state index in [-0.39, 0.29) is 0 Å². The Labute approximate surface area is 154 Å². The smallest absolute Gasteiger partial charge is 0.227 e. The lowest BCUT2D eigenvalue weighted by Gasteiger charge is -2.07. The molecule has 0 aliphatic heterocycles. The van der Waals surface area contributed by atoms with Crippen LogP contribution in [-0.2, 0) is 0 Å². The molecule has 0 amide bonds. The summed E-state index contributed by atoms with van der Waals surface area (Å²) in [5.41, 5.74) is 0. The molecule has 0 bridgehead atoms. The van der Waals surface area contributed by atoms with Crippen LogP contribution in [0.1, 0.15) is 12.8 Å². The van der Waals surface area contributed by atoms with Gasteiger partial charge in [-0.3, -0.25) is 0 Å². The second-order valence-corrected chi connectivity index (χ2v) is 7.56. The first-order valence-corrected chi connectivity index (χ1v) is 9.66. The van der Waals surface area contributed by atoms with E-state index in [9.17, 15) is 0 Å². The van der Waals surface area contributed by atoms with Gasteiger partial charge in [0.1, 0.15) is 10.1 Å². The number of rotatable bonds is 7. The quantitative estimate of drug-likeness (QED) is 0.675. The lowest BCUT2D eigenvalue weighted by Crippen LogP contribution is -2.09. The monoisotopic (exact) mass is 368 g/mol. The van der Waals surface area contributed by atoms with Crippen LogP contribution in [0.2, 0.25) is 0 Å². The Morgan fingerprint density at radius 1 is 0.840 bits per heavy atom. The summed E-state index contributed by atoms with van der Waals surface area (Å²) in [6, 6.07) is 11.6. The van der Waals surface area contributed by atoms with Crippen LogP contribution in [0.5, 0.6) is 0 Å². The van der Waals surface area contributed by atoms with E-state index in [0.29, 0.717) is 16.3 Å². The highest BCUT2D eigenvalue weighted by Crippen LogP contribution is 2.30. The molecule has 126 valence electrons. The standard InChI is InChI=1S/C17H16N6S2/c1-3-9-18-13(5-1)24-16-21-15(20-11-12-7-8-12)22-17(23-16)25-14-6-2-4-10-19-14/h1-6,9-10,12H,7-8,11H2,(H,20,21,22,23). The number of hydrogen-bond donors (Lipinski definition) is 1. The Morgan fingerprint density at radius 3 is 1.92 bits per heavy atom. The van der Waals surface area contributed by atoms with Crippen LogP contribution in [-0.4, -0.2) is 31.5 Å². The first-order valence-electron chi connectivity index (χ1n) is 8.03. The van der Waals surface area contributed by atoms with E-state index in [0.717, 1.165) is 22.5 Å². The van der Waals surface area contributed by atoms with Crippen LogP contribution < -0.4 is 5.32 Å². The molecular weight excluding hydrogens is 352 g/mol. The molecule has 3 aromatic heterocycles. The van der Waals surface area contributed by atoms with E-state index in [2.05, 4.69) is 30.2 Å². The molecule has 0 radical (unpaired) electrons. The fourth-order valence-electron chi connectivity index (χ4n) is 2.07. The number of nitrogens with zero attached hydrogens (tertiary/aromatic N) is 5. The average Bonchev–Trinajstić information content (AvgIpc) is 3.46. The summed E-state index contributed by atoms with van der Waals surface area (Å²) < 4.78 is 0. The van der Waals surface area contributed by atoms with E-state index < -0.39 is 0 Å². The van der Waals surface area contributed by atoms with Crippen molar-refractivity contribution in [3.63, 3.8) is 0 Å². The van der Waals surface area contributed by atoms with Crippen LogP contribution in [0.15, 0.2) is 69.2 Å². The molecule has 1 fully saturated rings. The van der Waals surface area contributed by atoms with Gasteiger partial charge in [-0.2, -0.15) is 15.0 Å². The Hall–Kier alpha value is -2.19. The molecular formula is C17H16N6S2. The summed E-state index contributed by atoms with van der Waals surface area (Å²) in [5.74, 6) is 1.36. The molecule has 0 saturated heterocycles. The molecule has 0 unspecified atom stereocenters. The molecule has 1 N–H and O–H groups in total. The van der Waals surface area contributed by atoms with Crippen molar-refractivity contribution in [3.8, 4) is 0 Å². The molecule has 3 heterocycles. The zero-order valence-electron chi connectivity index (χ0n) is 13.4. The first-order chi connectivity index (χ1) is 12.3. The molecule has 4 rings (SSSR count). The van der Waals surface area contributed by atoms with Crippen LogP contribution in [0, 0.1) is 5.92 Å². The second kappa shape index (κ2) is 7.79. The minimum absolute atomic E-state index is 0.610. The normalized spacial score (nSPS) is 13.6. The maximum Gasteiger partial charge on any atom is 0.227 e. The van der Waals surface area contributed by atoms with Crippen molar-refractivity contribution in [2.45, 2.75) is 33.2 Å². The van der Waals surface area contributed by atoms with E-state index in [1.54, 1.807) is 12.4 Å². The maximum atomic E-state index is 4.55. The number of anilines is 1. The second-order valence-electron chi connectivity index (χ2n) is 5.59. The molecule has 1 aliphatic carbocycles. The highest BCUT2D eigenvalue weighted by atomic mass is 32.2. The summed E-state index contributed by atoms with van der Waals surface area (Å²) in [5, 5.41) is 6.30. The lowest BCUT2D eigenvalue weighted by atomic mass is 10.4.